The van der Waals surface area contributed by atoms with E-state index in [1.807, 2.05) is 13.8 Å². The Labute approximate surface area is 123 Å². The third-order valence-corrected chi connectivity index (χ3v) is 3.35. The zero-order valence-electron chi connectivity index (χ0n) is 12.3. The second-order valence-electron chi connectivity index (χ2n) is 4.91. The molecule has 0 amide bonds. The number of terminal acetylenes is 1. The summed E-state index contributed by atoms with van der Waals surface area (Å²) in [5.74, 6) is 1.62. The van der Waals surface area contributed by atoms with E-state index in [4.69, 9.17) is 6.42 Å². The van der Waals surface area contributed by atoms with Crippen LogP contribution in [0.3, 0.4) is 0 Å². The number of nitrogens with zero attached hydrogens (tertiary/aromatic N) is 3. The molecule has 0 aliphatic heterocycles. The number of fused-ring (bicyclic) bond motifs is 1. The first-order chi connectivity index (χ1) is 9.99. The molecule has 110 valence electrons. The first-order valence-electron chi connectivity index (χ1n) is 6.77. The molecule has 2 heterocycles. The van der Waals surface area contributed by atoms with Gasteiger partial charge in [0.1, 0.15) is 5.56 Å². The monoisotopic (exact) mass is 286 g/mol. The van der Waals surface area contributed by atoms with Crippen LogP contribution < -0.4 is 5.32 Å². The van der Waals surface area contributed by atoms with Crippen molar-refractivity contribution in [2.24, 2.45) is 7.05 Å². The Morgan fingerprint density at radius 3 is 2.90 bits per heavy atom. The Balaban J connectivity index is 2.64. The molecule has 0 radical (unpaired) electrons. The van der Waals surface area contributed by atoms with Crippen LogP contribution in [-0.4, -0.2) is 31.9 Å². The van der Waals surface area contributed by atoms with Crippen LogP contribution in [0.25, 0.3) is 11.0 Å². The number of pyridine rings is 1. The molecule has 2 N–H and O–H groups in total. The highest BCUT2D eigenvalue weighted by atomic mass is 16.4. The molecule has 0 bridgehead atoms. The van der Waals surface area contributed by atoms with E-state index < -0.39 is 5.97 Å². The molecule has 6 nitrogen and oxygen atoms in total. The van der Waals surface area contributed by atoms with E-state index in [0.29, 0.717) is 16.7 Å². The summed E-state index contributed by atoms with van der Waals surface area (Å²) in [5.41, 5.74) is 1.95. The predicted molar refractivity (Wildman–Crippen MR) is 81.4 cm³/mol. The Hall–Kier alpha value is -2.55. The average molecular weight is 286 g/mol. The molecule has 21 heavy (non-hydrogen) atoms. The molecule has 0 fully saturated rings. The molecule has 1 unspecified atom stereocenters. The lowest BCUT2D eigenvalue weighted by Crippen LogP contribution is -2.19. The van der Waals surface area contributed by atoms with Crippen molar-refractivity contribution in [2.75, 3.05) is 5.32 Å². The standard InChI is InChI=1S/C15H18N4O2/c1-5-7-10(6-2)17-13-11(15(20)21)8-16-14-12(13)9(3)18-19(14)4/h2,8,10H,5,7H2,1,3-4H3,(H,16,17)(H,20,21). The fourth-order valence-corrected chi connectivity index (χ4v) is 2.38. The van der Waals surface area contributed by atoms with Crippen molar-refractivity contribution in [3.05, 3.63) is 17.5 Å². The molecule has 0 aliphatic carbocycles. The van der Waals surface area contributed by atoms with Gasteiger partial charge in [0.2, 0.25) is 0 Å². The summed E-state index contributed by atoms with van der Waals surface area (Å²) in [4.78, 5) is 15.6. The number of carboxylic acids is 1. The topological polar surface area (TPSA) is 80.0 Å². The van der Waals surface area contributed by atoms with Gasteiger partial charge in [-0.25, -0.2) is 9.78 Å². The van der Waals surface area contributed by atoms with Gasteiger partial charge in [-0.05, 0) is 13.3 Å². The Kier molecular flexibility index (Phi) is 4.13. The van der Waals surface area contributed by atoms with Gasteiger partial charge in [-0.1, -0.05) is 19.3 Å². The number of aromatic carboxylic acids is 1. The number of rotatable bonds is 5. The normalized spacial score (nSPS) is 12.1. The summed E-state index contributed by atoms with van der Waals surface area (Å²) in [6, 6.07) is -0.224. The zero-order valence-corrected chi connectivity index (χ0v) is 12.3. The first kappa shape index (κ1) is 14.9. The van der Waals surface area contributed by atoms with Gasteiger partial charge in [-0.15, -0.1) is 6.42 Å². The van der Waals surface area contributed by atoms with E-state index in [-0.39, 0.29) is 11.6 Å². The van der Waals surface area contributed by atoms with E-state index in [1.54, 1.807) is 11.7 Å². The fraction of sp³-hybridized carbons (Fsp3) is 0.400. The van der Waals surface area contributed by atoms with E-state index in [2.05, 4.69) is 21.3 Å². The van der Waals surface area contributed by atoms with Gasteiger partial charge in [0.25, 0.3) is 0 Å². The maximum atomic E-state index is 11.5. The molecule has 2 aromatic rings. The lowest BCUT2D eigenvalue weighted by Gasteiger charge is -2.16. The molecule has 0 spiro atoms. The molecular formula is C15H18N4O2. The fourth-order valence-electron chi connectivity index (χ4n) is 2.38. The third kappa shape index (κ3) is 2.68. The highest BCUT2D eigenvalue weighted by Gasteiger charge is 2.20. The Morgan fingerprint density at radius 1 is 1.62 bits per heavy atom. The van der Waals surface area contributed by atoms with Crippen LogP contribution in [0.2, 0.25) is 0 Å². The van der Waals surface area contributed by atoms with Crippen LogP contribution in [0.4, 0.5) is 5.69 Å². The van der Waals surface area contributed by atoms with Crippen molar-refractivity contribution < 1.29 is 9.90 Å². The van der Waals surface area contributed by atoms with Gasteiger partial charge in [-0.2, -0.15) is 5.10 Å². The molecule has 0 aliphatic rings. The zero-order chi connectivity index (χ0) is 15.6. The van der Waals surface area contributed by atoms with Crippen molar-refractivity contribution in [3.8, 4) is 12.3 Å². The van der Waals surface area contributed by atoms with Crippen LogP contribution in [0.1, 0.15) is 35.8 Å². The summed E-state index contributed by atoms with van der Waals surface area (Å²) < 4.78 is 1.63. The maximum Gasteiger partial charge on any atom is 0.339 e. The molecular weight excluding hydrogens is 268 g/mol. The maximum absolute atomic E-state index is 11.5. The number of carboxylic acid groups (broad SMARTS) is 1. The number of aryl methyl sites for hydroxylation is 2. The minimum Gasteiger partial charge on any atom is -0.478 e. The summed E-state index contributed by atoms with van der Waals surface area (Å²) in [6.07, 6.45) is 8.53. The first-order valence-corrected chi connectivity index (χ1v) is 6.77. The summed E-state index contributed by atoms with van der Waals surface area (Å²) >= 11 is 0. The number of nitrogens with one attached hydrogen (secondary N) is 1. The lowest BCUT2D eigenvalue weighted by molar-refractivity contribution is 0.0697. The molecule has 0 saturated heterocycles. The number of anilines is 1. The van der Waals surface area contributed by atoms with Crippen LogP contribution in [0, 0.1) is 19.3 Å². The second-order valence-corrected chi connectivity index (χ2v) is 4.91. The van der Waals surface area contributed by atoms with Crippen LogP contribution in [0.5, 0.6) is 0 Å². The number of hydrogen-bond acceptors (Lipinski definition) is 4. The lowest BCUT2D eigenvalue weighted by atomic mass is 10.1. The van der Waals surface area contributed by atoms with Crippen molar-refractivity contribution >= 4 is 22.7 Å². The molecule has 2 rings (SSSR count). The molecule has 0 aromatic carbocycles. The van der Waals surface area contributed by atoms with Crippen molar-refractivity contribution in [1.82, 2.24) is 14.8 Å². The van der Waals surface area contributed by atoms with Crippen LogP contribution in [0.15, 0.2) is 6.20 Å². The molecule has 2 aromatic heterocycles. The number of aromatic nitrogens is 3. The SMILES string of the molecule is C#CC(CCC)Nc1c(C(=O)O)cnc2c1c(C)nn2C. The van der Waals surface area contributed by atoms with Gasteiger partial charge < -0.3 is 10.4 Å². The van der Waals surface area contributed by atoms with Gasteiger partial charge in [0.15, 0.2) is 5.65 Å². The average Bonchev–Trinajstić information content (AvgIpc) is 2.73. The van der Waals surface area contributed by atoms with Gasteiger partial charge in [0.05, 0.1) is 22.8 Å². The van der Waals surface area contributed by atoms with E-state index >= 15 is 0 Å². The van der Waals surface area contributed by atoms with E-state index in [0.717, 1.165) is 18.5 Å². The van der Waals surface area contributed by atoms with Crippen molar-refractivity contribution in [1.29, 1.82) is 0 Å². The highest BCUT2D eigenvalue weighted by molar-refractivity contribution is 6.04. The number of hydrogen-bond donors (Lipinski definition) is 2. The Bertz CT molecular complexity index is 727. The van der Waals surface area contributed by atoms with E-state index in [1.165, 1.54) is 6.20 Å². The smallest absolute Gasteiger partial charge is 0.339 e. The minimum absolute atomic E-state index is 0.106. The summed E-state index contributed by atoms with van der Waals surface area (Å²) in [7, 11) is 1.78. The summed E-state index contributed by atoms with van der Waals surface area (Å²) in [6.45, 7) is 3.85. The van der Waals surface area contributed by atoms with Gasteiger partial charge >= 0.3 is 5.97 Å². The van der Waals surface area contributed by atoms with Crippen LogP contribution in [-0.2, 0) is 7.05 Å². The molecule has 1 atom stereocenters. The summed E-state index contributed by atoms with van der Waals surface area (Å²) in [5, 5.41) is 17.5. The third-order valence-electron chi connectivity index (χ3n) is 3.35. The van der Waals surface area contributed by atoms with Crippen LogP contribution >= 0.6 is 0 Å². The number of carbonyl (C=O) groups is 1. The Morgan fingerprint density at radius 2 is 2.33 bits per heavy atom. The largest absolute Gasteiger partial charge is 0.478 e. The van der Waals surface area contributed by atoms with Crippen molar-refractivity contribution in [3.63, 3.8) is 0 Å². The molecule has 0 saturated carbocycles. The van der Waals surface area contributed by atoms with Gasteiger partial charge in [0, 0.05) is 13.2 Å². The molecule has 6 heteroatoms. The minimum atomic E-state index is -1.04. The highest BCUT2D eigenvalue weighted by Crippen LogP contribution is 2.29. The quantitative estimate of drug-likeness (QED) is 0.824. The van der Waals surface area contributed by atoms with Crippen molar-refractivity contribution in [2.45, 2.75) is 32.7 Å². The predicted octanol–water partition coefficient (Wildman–Crippen LogP) is 2.19. The van der Waals surface area contributed by atoms with E-state index in [9.17, 15) is 9.90 Å². The van der Waals surface area contributed by atoms with Gasteiger partial charge in [-0.3, -0.25) is 4.68 Å². The second kappa shape index (κ2) is 5.83.